The summed E-state index contributed by atoms with van der Waals surface area (Å²) in [5.74, 6) is 0. The Hall–Kier alpha value is -1.96. The molecule has 0 radical (unpaired) electrons. The summed E-state index contributed by atoms with van der Waals surface area (Å²) in [4.78, 5) is 8.08. The Labute approximate surface area is 156 Å². The SMILES string of the molecule is c1ccc(-c2cn3nc(N4CCOCC5(CCOCC5)C4)sc3n2)cc1. The number of imidazole rings is 1. The van der Waals surface area contributed by atoms with Gasteiger partial charge in [-0.05, 0) is 12.8 Å². The minimum atomic E-state index is 0.192. The highest BCUT2D eigenvalue weighted by atomic mass is 32.1. The van der Waals surface area contributed by atoms with Crippen LogP contribution in [0.1, 0.15) is 12.8 Å². The maximum Gasteiger partial charge on any atom is 0.214 e. The Kier molecular flexibility index (Phi) is 4.15. The molecule has 0 N–H and O–H groups in total. The van der Waals surface area contributed by atoms with Crippen LogP contribution in [0.15, 0.2) is 36.5 Å². The molecule has 3 aromatic rings. The van der Waals surface area contributed by atoms with E-state index in [0.717, 1.165) is 73.7 Å². The average molecular weight is 370 g/mol. The third-order valence-corrected chi connectivity index (χ3v) is 6.35. The lowest BCUT2D eigenvalue weighted by Gasteiger charge is -2.38. The molecular weight excluding hydrogens is 348 g/mol. The molecule has 0 amide bonds. The van der Waals surface area contributed by atoms with Gasteiger partial charge in [-0.2, -0.15) is 0 Å². The second-order valence-corrected chi connectivity index (χ2v) is 8.12. The van der Waals surface area contributed by atoms with Crippen molar-refractivity contribution in [1.82, 2.24) is 14.6 Å². The van der Waals surface area contributed by atoms with Crippen LogP contribution >= 0.6 is 11.3 Å². The minimum Gasteiger partial charge on any atom is -0.381 e. The van der Waals surface area contributed by atoms with E-state index in [9.17, 15) is 0 Å². The summed E-state index contributed by atoms with van der Waals surface area (Å²) in [6.07, 6.45) is 4.14. The highest BCUT2D eigenvalue weighted by Crippen LogP contribution is 2.36. The lowest BCUT2D eigenvalue weighted by molar-refractivity contribution is -0.0240. The highest BCUT2D eigenvalue weighted by molar-refractivity contribution is 7.20. The van der Waals surface area contributed by atoms with Gasteiger partial charge in [0.05, 0.1) is 25.1 Å². The number of hydrogen-bond acceptors (Lipinski definition) is 6. The Morgan fingerprint density at radius 3 is 2.69 bits per heavy atom. The monoisotopic (exact) mass is 370 g/mol. The van der Waals surface area contributed by atoms with Crippen molar-refractivity contribution in [2.45, 2.75) is 12.8 Å². The maximum atomic E-state index is 5.93. The summed E-state index contributed by atoms with van der Waals surface area (Å²) in [6, 6.07) is 10.2. The number of fused-ring (bicyclic) bond motifs is 1. The smallest absolute Gasteiger partial charge is 0.214 e. The molecule has 2 aliphatic heterocycles. The molecule has 2 aliphatic rings. The topological polar surface area (TPSA) is 51.9 Å². The predicted molar refractivity (Wildman–Crippen MR) is 102 cm³/mol. The molecule has 0 bridgehead atoms. The van der Waals surface area contributed by atoms with Crippen molar-refractivity contribution in [3.63, 3.8) is 0 Å². The number of rotatable bonds is 2. The Morgan fingerprint density at radius 1 is 1.04 bits per heavy atom. The molecule has 2 fully saturated rings. The summed E-state index contributed by atoms with van der Waals surface area (Å²) in [7, 11) is 0. The Morgan fingerprint density at radius 2 is 1.88 bits per heavy atom. The van der Waals surface area contributed by atoms with Gasteiger partial charge in [-0.25, -0.2) is 9.50 Å². The molecule has 4 heterocycles. The van der Waals surface area contributed by atoms with Crippen molar-refractivity contribution in [2.24, 2.45) is 5.41 Å². The molecule has 5 rings (SSSR count). The molecule has 0 aliphatic carbocycles. The van der Waals surface area contributed by atoms with Crippen molar-refractivity contribution >= 4 is 21.4 Å². The molecule has 26 heavy (non-hydrogen) atoms. The zero-order valence-corrected chi connectivity index (χ0v) is 15.5. The van der Waals surface area contributed by atoms with Gasteiger partial charge in [0.25, 0.3) is 0 Å². The van der Waals surface area contributed by atoms with Crippen LogP contribution in [0, 0.1) is 5.41 Å². The van der Waals surface area contributed by atoms with E-state index in [1.807, 2.05) is 28.9 Å². The van der Waals surface area contributed by atoms with Gasteiger partial charge in [-0.3, -0.25) is 0 Å². The minimum absolute atomic E-state index is 0.192. The number of nitrogens with zero attached hydrogens (tertiary/aromatic N) is 4. The summed E-state index contributed by atoms with van der Waals surface area (Å²) in [5.41, 5.74) is 2.28. The third-order valence-electron chi connectivity index (χ3n) is 5.37. The maximum absolute atomic E-state index is 5.93. The second-order valence-electron chi connectivity index (χ2n) is 7.19. The number of ether oxygens (including phenoxy) is 2. The van der Waals surface area contributed by atoms with E-state index in [1.54, 1.807) is 11.3 Å². The molecule has 7 heteroatoms. The molecule has 0 unspecified atom stereocenters. The number of aromatic nitrogens is 3. The molecular formula is C19H22N4O2S. The van der Waals surface area contributed by atoms with Gasteiger partial charge in [0.2, 0.25) is 10.1 Å². The van der Waals surface area contributed by atoms with E-state index < -0.39 is 0 Å². The van der Waals surface area contributed by atoms with E-state index in [1.165, 1.54) is 0 Å². The molecule has 0 atom stereocenters. The number of benzene rings is 1. The van der Waals surface area contributed by atoms with Crippen LogP contribution in [0.3, 0.4) is 0 Å². The fourth-order valence-electron chi connectivity index (χ4n) is 3.83. The number of hydrogen-bond donors (Lipinski definition) is 0. The standard InChI is InChI=1S/C19H22N4O2S/c1-2-4-15(5-3-1)16-12-23-17(20-16)26-18(21-23)22-8-11-25-14-19(13-22)6-9-24-10-7-19/h1-5,12H,6-11,13-14H2. The van der Waals surface area contributed by atoms with Gasteiger partial charge in [0.1, 0.15) is 0 Å². The van der Waals surface area contributed by atoms with Gasteiger partial charge in [0, 0.05) is 37.3 Å². The van der Waals surface area contributed by atoms with E-state index in [0.29, 0.717) is 0 Å². The van der Waals surface area contributed by atoms with Crippen LogP contribution < -0.4 is 4.90 Å². The van der Waals surface area contributed by atoms with Crippen molar-refractivity contribution in [3.8, 4) is 11.3 Å². The van der Waals surface area contributed by atoms with E-state index >= 15 is 0 Å². The van der Waals surface area contributed by atoms with Crippen LogP contribution in [0.5, 0.6) is 0 Å². The van der Waals surface area contributed by atoms with Crippen LogP contribution in [-0.2, 0) is 9.47 Å². The summed E-state index contributed by atoms with van der Waals surface area (Å²) >= 11 is 1.66. The lowest BCUT2D eigenvalue weighted by Crippen LogP contribution is -2.42. The first kappa shape index (κ1) is 16.2. The fraction of sp³-hybridized carbons (Fsp3) is 0.474. The quantitative estimate of drug-likeness (QED) is 0.694. The van der Waals surface area contributed by atoms with Crippen LogP contribution in [0.4, 0.5) is 5.13 Å². The summed E-state index contributed by atoms with van der Waals surface area (Å²) in [6.45, 7) is 5.11. The van der Waals surface area contributed by atoms with E-state index in [-0.39, 0.29) is 5.41 Å². The molecule has 6 nitrogen and oxygen atoms in total. The van der Waals surface area contributed by atoms with Crippen molar-refractivity contribution in [3.05, 3.63) is 36.5 Å². The molecule has 0 saturated carbocycles. The molecule has 2 aromatic heterocycles. The zero-order chi connectivity index (χ0) is 17.4. The molecule has 1 aromatic carbocycles. The number of anilines is 1. The first-order valence-corrected chi connectivity index (χ1v) is 9.95. The molecule has 2 saturated heterocycles. The first-order chi connectivity index (χ1) is 12.8. The van der Waals surface area contributed by atoms with Gasteiger partial charge in [0.15, 0.2) is 0 Å². The lowest BCUT2D eigenvalue weighted by atomic mass is 9.80. The Bertz CT molecular complexity index is 854. The van der Waals surface area contributed by atoms with Gasteiger partial charge < -0.3 is 14.4 Å². The third kappa shape index (κ3) is 3.00. The van der Waals surface area contributed by atoms with Crippen molar-refractivity contribution in [2.75, 3.05) is 44.4 Å². The van der Waals surface area contributed by atoms with E-state index in [4.69, 9.17) is 19.6 Å². The normalized spacial score (nSPS) is 20.5. The largest absolute Gasteiger partial charge is 0.381 e. The van der Waals surface area contributed by atoms with Crippen LogP contribution in [0.25, 0.3) is 16.2 Å². The molecule has 136 valence electrons. The fourth-order valence-corrected chi connectivity index (χ4v) is 4.74. The van der Waals surface area contributed by atoms with Crippen LogP contribution in [0.2, 0.25) is 0 Å². The molecule has 1 spiro atoms. The summed E-state index contributed by atoms with van der Waals surface area (Å²) in [5, 5.41) is 5.85. The highest BCUT2D eigenvalue weighted by Gasteiger charge is 2.37. The van der Waals surface area contributed by atoms with Gasteiger partial charge in [-0.15, -0.1) is 5.10 Å². The average Bonchev–Trinajstić information content (AvgIpc) is 3.19. The van der Waals surface area contributed by atoms with Crippen molar-refractivity contribution in [1.29, 1.82) is 0 Å². The van der Waals surface area contributed by atoms with Gasteiger partial charge >= 0.3 is 0 Å². The zero-order valence-electron chi connectivity index (χ0n) is 14.6. The summed E-state index contributed by atoms with van der Waals surface area (Å²) < 4.78 is 13.4. The van der Waals surface area contributed by atoms with Gasteiger partial charge in [-0.1, -0.05) is 41.7 Å². The van der Waals surface area contributed by atoms with Crippen LogP contribution in [-0.4, -0.2) is 54.1 Å². The predicted octanol–water partition coefficient (Wildman–Crippen LogP) is 3.09. The van der Waals surface area contributed by atoms with E-state index in [2.05, 4.69) is 17.0 Å². The van der Waals surface area contributed by atoms with Crippen molar-refractivity contribution < 1.29 is 9.47 Å². The first-order valence-electron chi connectivity index (χ1n) is 9.14. The Balaban J connectivity index is 1.42. The second kappa shape index (κ2) is 6.64.